The molecule has 0 saturated carbocycles. The van der Waals surface area contributed by atoms with Crippen LogP contribution in [0, 0.1) is 5.41 Å². The normalized spacial score (nSPS) is 12.4. The molecule has 1 heterocycles. The summed E-state index contributed by atoms with van der Waals surface area (Å²) in [7, 11) is 0. The summed E-state index contributed by atoms with van der Waals surface area (Å²) in [5, 5.41) is 3.85. The highest BCUT2D eigenvalue weighted by Crippen LogP contribution is 2.42. The number of carbonyl (C=O) groups is 1. The minimum atomic E-state index is -0.372. The quantitative estimate of drug-likeness (QED) is 0.284. The van der Waals surface area contributed by atoms with Crippen molar-refractivity contribution in [3.8, 4) is 5.75 Å². The van der Waals surface area contributed by atoms with E-state index in [0.29, 0.717) is 16.2 Å². The second-order valence-electron chi connectivity index (χ2n) is 8.61. The van der Waals surface area contributed by atoms with Gasteiger partial charge in [-0.15, -0.1) is 0 Å². The lowest BCUT2D eigenvalue weighted by Gasteiger charge is -2.33. The number of hydrazone groups is 1. The number of nitrogens with zero attached hydrogens (tertiary/aromatic N) is 1. The van der Waals surface area contributed by atoms with E-state index in [9.17, 15) is 4.79 Å². The summed E-state index contributed by atoms with van der Waals surface area (Å²) in [5.41, 5.74) is 3.81. The molecule has 2 aromatic rings. The molecule has 1 amide bonds. The van der Waals surface area contributed by atoms with Crippen molar-refractivity contribution in [2.45, 2.75) is 46.5 Å². The van der Waals surface area contributed by atoms with Crippen molar-refractivity contribution in [3.05, 3.63) is 49.2 Å². The number of halogens is 3. The maximum atomic E-state index is 12.0. The Bertz CT molecular complexity index is 876. The highest BCUT2D eigenvalue weighted by atomic mass is 79.9. The summed E-state index contributed by atoms with van der Waals surface area (Å²) in [6, 6.07) is 7.58. The van der Waals surface area contributed by atoms with Crippen molar-refractivity contribution in [1.29, 1.82) is 0 Å². The third kappa shape index (κ3) is 7.57. The lowest BCUT2D eigenvalue weighted by Crippen LogP contribution is -2.26. The highest BCUT2D eigenvalue weighted by molar-refractivity contribution is 9.11. The first-order chi connectivity index (χ1) is 13.4. The van der Waals surface area contributed by atoms with Crippen LogP contribution in [-0.4, -0.2) is 18.7 Å². The topological polar surface area (TPSA) is 63.8 Å². The Labute approximate surface area is 197 Å². The molecule has 0 bridgehead atoms. The average Bonchev–Trinajstić information content (AvgIpc) is 2.97. The first-order valence-corrected chi connectivity index (χ1v) is 11.4. The van der Waals surface area contributed by atoms with Gasteiger partial charge in [0.25, 0.3) is 5.91 Å². The third-order valence-electron chi connectivity index (χ3n) is 4.07. The second-order valence-corrected chi connectivity index (χ2v) is 11.1. The van der Waals surface area contributed by atoms with Crippen LogP contribution in [0.1, 0.15) is 52.4 Å². The summed E-state index contributed by atoms with van der Waals surface area (Å²) in [5.74, 6) is 0.731. The van der Waals surface area contributed by atoms with Gasteiger partial charge in [-0.05, 0) is 94.9 Å². The minimum absolute atomic E-state index is 0.00520. The van der Waals surface area contributed by atoms with E-state index in [-0.39, 0.29) is 23.3 Å². The minimum Gasteiger partial charge on any atom is -0.481 e. The van der Waals surface area contributed by atoms with Crippen molar-refractivity contribution in [2.24, 2.45) is 10.5 Å². The van der Waals surface area contributed by atoms with E-state index in [2.05, 4.69) is 105 Å². The van der Waals surface area contributed by atoms with Crippen molar-refractivity contribution >= 4 is 59.9 Å². The number of benzene rings is 1. The fourth-order valence-corrected chi connectivity index (χ4v) is 4.99. The first-order valence-electron chi connectivity index (χ1n) is 9.07. The van der Waals surface area contributed by atoms with Crippen LogP contribution >= 0.6 is 47.8 Å². The summed E-state index contributed by atoms with van der Waals surface area (Å²) < 4.78 is 13.1. The Hall–Kier alpha value is -1.12. The van der Waals surface area contributed by atoms with Gasteiger partial charge in [0.2, 0.25) is 0 Å². The molecule has 1 aromatic heterocycles. The fraction of sp³-hybridized carbons (Fsp3) is 0.429. The zero-order chi connectivity index (χ0) is 21.8. The predicted molar refractivity (Wildman–Crippen MR) is 127 cm³/mol. The molecule has 1 N–H and O–H groups in total. The van der Waals surface area contributed by atoms with Crippen molar-refractivity contribution < 1.29 is 13.9 Å². The van der Waals surface area contributed by atoms with Gasteiger partial charge >= 0.3 is 0 Å². The Kier molecular flexibility index (Phi) is 8.15. The molecule has 0 aliphatic carbocycles. The maximum Gasteiger partial charge on any atom is 0.277 e. The zero-order valence-corrected chi connectivity index (χ0v) is 21.9. The molecule has 29 heavy (non-hydrogen) atoms. The van der Waals surface area contributed by atoms with Crippen LogP contribution in [0.4, 0.5) is 0 Å². The molecule has 0 saturated heterocycles. The number of furan rings is 1. The van der Waals surface area contributed by atoms with Crippen LogP contribution in [-0.2, 0) is 10.2 Å². The third-order valence-corrected chi connectivity index (χ3v) is 5.68. The molecule has 0 spiro atoms. The lowest BCUT2D eigenvalue weighted by molar-refractivity contribution is -0.123. The fourth-order valence-electron chi connectivity index (χ4n) is 3.25. The molecule has 0 atom stereocenters. The van der Waals surface area contributed by atoms with Crippen molar-refractivity contribution in [3.63, 3.8) is 0 Å². The Morgan fingerprint density at radius 2 is 1.76 bits per heavy atom. The van der Waals surface area contributed by atoms with E-state index < -0.39 is 0 Å². The number of carbonyl (C=O) groups excluding carboxylic acids is 1. The molecule has 0 fully saturated rings. The van der Waals surface area contributed by atoms with Crippen LogP contribution in [0.5, 0.6) is 5.75 Å². The van der Waals surface area contributed by atoms with Gasteiger partial charge in [-0.3, -0.25) is 4.79 Å². The predicted octanol–water partition coefficient (Wildman–Crippen LogP) is 6.81. The van der Waals surface area contributed by atoms with E-state index in [1.807, 2.05) is 0 Å². The summed E-state index contributed by atoms with van der Waals surface area (Å²) in [4.78, 5) is 12.0. The van der Waals surface area contributed by atoms with E-state index in [4.69, 9.17) is 9.15 Å². The smallest absolute Gasteiger partial charge is 0.277 e. The van der Waals surface area contributed by atoms with Crippen LogP contribution in [0.15, 0.2) is 47.4 Å². The second kappa shape index (κ2) is 9.79. The number of hydrogen-bond donors (Lipinski definition) is 1. The average molecular weight is 593 g/mol. The van der Waals surface area contributed by atoms with Gasteiger partial charge in [-0.1, -0.05) is 34.6 Å². The molecular weight excluding hydrogens is 568 g/mol. The molecular formula is C21H25Br3N2O3. The van der Waals surface area contributed by atoms with Gasteiger partial charge in [0.15, 0.2) is 11.3 Å². The SMILES string of the molecule is CC(C)(C)CC(C)(C)c1cc(Br)c(OCC(=O)NN=Cc2ccc(Br)o2)c(Br)c1. The Morgan fingerprint density at radius 3 is 2.28 bits per heavy atom. The van der Waals surface area contributed by atoms with E-state index in [1.165, 1.54) is 11.8 Å². The molecule has 0 aliphatic heterocycles. The molecule has 5 nitrogen and oxygen atoms in total. The Balaban J connectivity index is 2.00. The highest BCUT2D eigenvalue weighted by Gasteiger charge is 2.28. The monoisotopic (exact) mass is 590 g/mol. The molecule has 1 aromatic carbocycles. The summed E-state index contributed by atoms with van der Waals surface area (Å²) in [6.07, 6.45) is 2.45. The van der Waals surface area contributed by atoms with Gasteiger partial charge < -0.3 is 9.15 Å². The number of ether oxygens (including phenoxy) is 1. The van der Waals surface area contributed by atoms with Crippen molar-refractivity contribution in [1.82, 2.24) is 5.43 Å². The van der Waals surface area contributed by atoms with Gasteiger partial charge in [0.05, 0.1) is 15.2 Å². The number of hydrogen-bond acceptors (Lipinski definition) is 4. The largest absolute Gasteiger partial charge is 0.481 e. The van der Waals surface area contributed by atoms with Crippen LogP contribution in [0.25, 0.3) is 0 Å². The van der Waals surface area contributed by atoms with Crippen LogP contribution < -0.4 is 10.2 Å². The molecule has 158 valence electrons. The zero-order valence-electron chi connectivity index (χ0n) is 17.1. The molecule has 2 rings (SSSR count). The molecule has 0 radical (unpaired) electrons. The number of amides is 1. The first kappa shape index (κ1) is 24.2. The van der Waals surface area contributed by atoms with E-state index in [0.717, 1.165) is 15.4 Å². The summed E-state index contributed by atoms with van der Waals surface area (Å²) in [6.45, 7) is 11.0. The molecule has 8 heteroatoms. The Morgan fingerprint density at radius 1 is 1.14 bits per heavy atom. The number of rotatable bonds is 7. The van der Waals surface area contributed by atoms with Gasteiger partial charge in [-0.25, -0.2) is 5.43 Å². The van der Waals surface area contributed by atoms with E-state index in [1.54, 1.807) is 12.1 Å². The lowest BCUT2D eigenvalue weighted by atomic mass is 9.72. The van der Waals surface area contributed by atoms with Gasteiger partial charge in [0, 0.05) is 0 Å². The van der Waals surface area contributed by atoms with Crippen molar-refractivity contribution in [2.75, 3.05) is 6.61 Å². The molecule has 0 unspecified atom stereocenters. The maximum absolute atomic E-state index is 12.0. The van der Waals surface area contributed by atoms with Crippen LogP contribution in [0.2, 0.25) is 0 Å². The van der Waals surface area contributed by atoms with E-state index >= 15 is 0 Å². The number of nitrogens with one attached hydrogen (secondary N) is 1. The standard InChI is InChI=1S/C21H25Br3N2O3/c1-20(2,3)12-21(4,5)13-8-15(22)19(16(23)9-13)28-11-18(27)26-25-10-14-6-7-17(24)29-14/h6-10H,11-12H2,1-5H3,(H,26,27). The summed E-state index contributed by atoms with van der Waals surface area (Å²) >= 11 is 10.3. The van der Waals surface area contributed by atoms with Gasteiger partial charge in [0.1, 0.15) is 11.5 Å². The van der Waals surface area contributed by atoms with Crippen LogP contribution in [0.3, 0.4) is 0 Å². The van der Waals surface area contributed by atoms with Gasteiger partial charge in [-0.2, -0.15) is 5.10 Å². The molecule has 0 aliphatic rings.